The first-order valence-electron chi connectivity index (χ1n) is 11.0. The molecule has 0 radical (unpaired) electrons. The van der Waals surface area contributed by atoms with E-state index >= 15 is 0 Å². The number of amides is 1. The molecule has 1 amide bonds. The van der Waals surface area contributed by atoms with Crippen LogP contribution in [0.4, 0.5) is 5.82 Å². The lowest BCUT2D eigenvalue weighted by Crippen LogP contribution is -2.40. The molecule has 7 heteroatoms. The third-order valence-corrected chi connectivity index (χ3v) is 6.13. The molecule has 0 aromatic carbocycles. The molecule has 1 saturated heterocycles. The van der Waals surface area contributed by atoms with E-state index in [-0.39, 0.29) is 5.91 Å². The maximum Gasteiger partial charge on any atom is 0.255 e. The molecule has 0 unspecified atom stereocenters. The molecule has 156 valence electrons. The highest BCUT2D eigenvalue weighted by atomic mass is 16.2. The zero-order chi connectivity index (χ0) is 19.9. The molecular formula is C22H32N6O. The standard InChI is InChI=1S/C22H32N6O/c29-22(27-13-5-12-26(16-17-27)20-6-2-1-3-7-20)19-8-9-21(24-18-19)23-11-15-28-14-4-10-25-28/h4,8-10,14,18,20H,1-3,5-7,11-13,15-17H2,(H,23,24). The SMILES string of the molecule is O=C(c1ccc(NCCn2cccn2)nc1)N1CCCN(C2CCCCC2)CC1. The van der Waals surface area contributed by atoms with Crippen molar-refractivity contribution < 1.29 is 4.79 Å². The fourth-order valence-electron chi connectivity index (χ4n) is 4.49. The van der Waals surface area contributed by atoms with Gasteiger partial charge in [0.2, 0.25) is 0 Å². The first-order chi connectivity index (χ1) is 14.3. The van der Waals surface area contributed by atoms with Crippen LogP contribution in [0, 0.1) is 0 Å². The third kappa shape index (κ3) is 5.35. The average molecular weight is 397 g/mol. The Bertz CT molecular complexity index is 754. The Morgan fingerprint density at radius 3 is 2.72 bits per heavy atom. The molecule has 2 aliphatic rings. The molecule has 2 aromatic heterocycles. The van der Waals surface area contributed by atoms with Crippen LogP contribution in [0.1, 0.15) is 48.9 Å². The average Bonchev–Trinajstić information content (AvgIpc) is 3.16. The van der Waals surface area contributed by atoms with Crippen molar-refractivity contribution in [3.05, 3.63) is 42.4 Å². The van der Waals surface area contributed by atoms with Crippen LogP contribution in [0.15, 0.2) is 36.8 Å². The minimum Gasteiger partial charge on any atom is -0.368 e. The fourth-order valence-corrected chi connectivity index (χ4v) is 4.49. The van der Waals surface area contributed by atoms with Gasteiger partial charge in [-0.3, -0.25) is 14.4 Å². The van der Waals surface area contributed by atoms with Gasteiger partial charge in [-0.25, -0.2) is 4.98 Å². The number of rotatable bonds is 6. The van der Waals surface area contributed by atoms with E-state index < -0.39 is 0 Å². The monoisotopic (exact) mass is 396 g/mol. The van der Waals surface area contributed by atoms with Gasteiger partial charge in [-0.2, -0.15) is 5.10 Å². The number of hydrogen-bond acceptors (Lipinski definition) is 5. The first-order valence-corrected chi connectivity index (χ1v) is 11.0. The van der Waals surface area contributed by atoms with Crippen LogP contribution in [0.5, 0.6) is 0 Å². The molecule has 1 N–H and O–H groups in total. The van der Waals surface area contributed by atoms with Gasteiger partial charge in [0.25, 0.3) is 5.91 Å². The summed E-state index contributed by atoms with van der Waals surface area (Å²) in [7, 11) is 0. The van der Waals surface area contributed by atoms with Gasteiger partial charge in [-0.15, -0.1) is 0 Å². The highest BCUT2D eigenvalue weighted by Gasteiger charge is 2.25. The van der Waals surface area contributed by atoms with Crippen molar-refractivity contribution >= 4 is 11.7 Å². The number of hydrogen-bond donors (Lipinski definition) is 1. The number of nitrogens with zero attached hydrogens (tertiary/aromatic N) is 5. The molecule has 0 atom stereocenters. The summed E-state index contributed by atoms with van der Waals surface area (Å²) < 4.78 is 1.88. The van der Waals surface area contributed by atoms with Crippen LogP contribution in [0.2, 0.25) is 0 Å². The lowest BCUT2D eigenvalue weighted by atomic mass is 9.94. The minimum atomic E-state index is 0.103. The predicted molar refractivity (Wildman–Crippen MR) is 114 cm³/mol. The van der Waals surface area contributed by atoms with Crippen LogP contribution in [-0.2, 0) is 6.54 Å². The van der Waals surface area contributed by atoms with E-state index in [0.717, 1.165) is 57.5 Å². The summed E-state index contributed by atoms with van der Waals surface area (Å²) in [4.78, 5) is 22.0. The third-order valence-electron chi connectivity index (χ3n) is 6.13. The summed E-state index contributed by atoms with van der Waals surface area (Å²) in [6.45, 7) is 5.29. The number of anilines is 1. The highest BCUT2D eigenvalue weighted by Crippen LogP contribution is 2.23. The van der Waals surface area contributed by atoms with Crippen LogP contribution < -0.4 is 5.32 Å². The van der Waals surface area contributed by atoms with E-state index in [4.69, 9.17) is 0 Å². The molecule has 4 rings (SSSR count). The van der Waals surface area contributed by atoms with Gasteiger partial charge >= 0.3 is 0 Å². The smallest absolute Gasteiger partial charge is 0.255 e. The maximum absolute atomic E-state index is 13.0. The Morgan fingerprint density at radius 2 is 1.97 bits per heavy atom. The second kappa shape index (κ2) is 9.87. The molecule has 1 aliphatic heterocycles. The Labute approximate surface area is 173 Å². The van der Waals surface area contributed by atoms with Gasteiger partial charge in [0.05, 0.1) is 12.1 Å². The maximum atomic E-state index is 13.0. The fraction of sp³-hybridized carbons (Fsp3) is 0.591. The predicted octanol–water partition coefficient (Wildman–Crippen LogP) is 2.87. The second-order valence-electron chi connectivity index (χ2n) is 8.10. The van der Waals surface area contributed by atoms with Gasteiger partial charge in [0.1, 0.15) is 5.82 Å². The summed E-state index contributed by atoms with van der Waals surface area (Å²) in [5, 5.41) is 7.46. The van der Waals surface area contributed by atoms with Crippen LogP contribution in [0.3, 0.4) is 0 Å². The summed E-state index contributed by atoms with van der Waals surface area (Å²) in [5.74, 6) is 0.888. The summed E-state index contributed by atoms with van der Waals surface area (Å²) in [5.41, 5.74) is 0.675. The van der Waals surface area contributed by atoms with Crippen molar-refractivity contribution in [2.45, 2.75) is 51.1 Å². The van der Waals surface area contributed by atoms with Crippen molar-refractivity contribution in [3.63, 3.8) is 0 Å². The molecular weight excluding hydrogens is 364 g/mol. The number of pyridine rings is 1. The lowest BCUT2D eigenvalue weighted by Gasteiger charge is -2.33. The molecule has 0 bridgehead atoms. The molecule has 0 spiro atoms. The van der Waals surface area contributed by atoms with E-state index in [0.29, 0.717) is 5.56 Å². The Morgan fingerprint density at radius 1 is 1.07 bits per heavy atom. The van der Waals surface area contributed by atoms with E-state index in [1.807, 2.05) is 34.0 Å². The number of nitrogens with one attached hydrogen (secondary N) is 1. The van der Waals surface area contributed by atoms with Crippen molar-refractivity contribution in [1.29, 1.82) is 0 Å². The van der Waals surface area contributed by atoms with Gasteiger partial charge < -0.3 is 10.2 Å². The Balaban J connectivity index is 1.27. The molecule has 7 nitrogen and oxygen atoms in total. The Kier molecular flexibility index (Phi) is 6.77. The number of carbonyl (C=O) groups is 1. The molecule has 2 aromatic rings. The molecule has 2 fully saturated rings. The van der Waals surface area contributed by atoms with Crippen molar-refractivity contribution in [2.24, 2.45) is 0 Å². The molecule has 1 saturated carbocycles. The largest absolute Gasteiger partial charge is 0.368 e. The molecule has 1 aliphatic carbocycles. The Hall–Kier alpha value is -2.41. The van der Waals surface area contributed by atoms with Crippen molar-refractivity contribution in [1.82, 2.24) is 24.6 Å². The lowest BCUT2D eigenvalue weighted by molar-refractivity contribution is 0.0754. The van der Waals surface area contributed by atoms with Gasteiger partial charge in [0.15, 0.2) is 0 Å². The van der Waals surface area contributed by atoms with Crippen molar-refractivity contribution in [2.75, 3.05) is 38.0 Å². The van der Waals surface area contributed by atoms with Crippen LogP contribution in [-0.4, -0.2) is 69.2 Å². The summed E-state index contributed by atoms with van der Waals surface area (Å²) in [6.07, 6.45) is 13.2. The summed E-state index contributed by atoms with van der Waals surface area (Å²) >= 11 is 0. The minimum absolute atomic E-state index is 0.103. The van der Waals surface area contributed by atoms with Gasteiger partial charge in [-0.1, -0.05) is 19.3 Å². The van der Waals surface area contributed by atoms with E-state index in [2.05, 4.69) is 20.3 Å². The van der Waals surface area contributed by atoms with E-state index in [1.54, 1.807) is 12.4 Å². The molecule has 29 heavy (non-hydrogen) atoms. The van der Waals surface area contributed by atoms with Crippen LogP contribution in [0.25, 0.3) is 0 Å². The topological polar surface area (TPSA) is 66.3 Å². The van der Waals surface area contributed by atoms with E-state index in [9.17, 15) is 4.79 Å². The number of aromatic nitrogens is 3. The zero-order valence-electron chi connectivity index (χ0n) is 17.2. The van der Waals surface area contributed by atoms with Gasteiger partial charge in [0, 0.05) is 57.4 Å². The first kappa shape index (κ1) is 19.9. The van der Waals surface area contributed by atoms with Gasteiger partial charge in [-0.05, 0) is 37.5 Å². The normalized spacial score (nSPS) is 19.1. The quantitative estimate of drug-likeness (QED) is 0.813. The molecule has 3 heterocycles. The van der Waals surface area contributed by atoms with E-state index in [1.165, 1.54) is 32.1 Å². The highest BCUT2D eigenvalue weighted by molar-refractivity contribution is 5.94. The van der Waals surface area contributed by atoms with Crippen LogP contribution >= 0.6 is 0 Å². The summed E-state index contributed by atoms with van der Waals surface area (Å²) in [6, 6.07) is 6.42. The van der Waals surface area contributed by atoms with Crippen molar-refractivity contribution in [3.8, 4) is 0 Å². The zero-order valence-corrected chi connectivity index (χ0v) is 17.2. The number of carbonyl (C=O) groups excluding carboxylic acids is 1. The second-order valence-corrected chi connectivity index (χ2v) is 8.10.